The van der Waals surface area contributed by atoms with Gasteiger partial charge in [0, 0.05) is 74.5 Å². The molecule has 0 bridgehead atoms. The van der Waals surface area contributed by atoms with E-state index in [9.17, 15) is 0 Å². The number of fused-ring (bicyclic) bond motifs is 9. The second-order valence-corrected chi connectivity index (χ2v) is 28.5. The largest absolute Gasteiger partial charge is 0.312 e. The first-order valence-electron chi connectivity index (χ1n) is 31.3. The predicted octanol–water partition coefficient (Wildman–Crippen LogP) is 9.62. The van der Waals surface area contributed by atoms with Gasteiger partial charge < -0.3 is 10.6 Å². The summed E-state index contributed by atoms with van der Waals surface area (Å²) in [6.45, 7) is 17.8. The second kappa shape index (κ2) is 20.1. The van der Waals surface area contributed by atoms with E-state index in [-0.39, 0.29) is 0 Å². The molecule has 13 rings (SSSR count). The maximum Gasteiger partial charge on any atom is 0.0257 e. The van der Waals surface area contributed by atoms with Crippen LogP contribution in [0.5, 0.6) is 0 Å². The maximum absolute atomic E-state index is 4.00. The van der Waals surface area contributed by atoms with Gasteiger partial charge in [-0.1, -0.05) is 53.4 Å². The summed E-state index contributed by atoms with van der Waals surface area (Å²) in [5.74, 6) is 16.9. The molecule has 68 heavy (non-hydrogen) atoms. The number of hydrogen-bond acceptors (Lipinski definition) is 8. The Hall–Kier alpha value is -0.320. The summed E-state index contributed by atoms with van der Waals surface area (Å²) < 4.78 is 0. The van der Waals surface area contributed by atoms with Crippen molar-refractivity contribution in [2.45, 2.75) is 230 Å². The van der Waals surface area contributed by atoms with Crippen molar-refractivity contribution in [3.63, 3.8) is 0 Å². The smallest absolute Gasteiger partial charge is 0.0257 e. The zero-order chi connectivity index (χ0) is 45.6. The highest BCUT2D eigenvalue weighted by Gasteiger charge is 2.64. The standard InChI is InChI=1S/C60H104N8/c1-35-23-41(43-27-45-31-63-65-33-51(45)61-29-43)24-36(2)57(35)39-13-17-47(18-14-39)67-53-11-7-5-9-49(53)59-55(67)21-22-56-60(59)50-10-6-8-12-54(50)68(56)48-19-15-40(16-20-48)58-37(3)25-42(26-38(58)4)44-28-46-32-64-66-34-52(46)62-30-44/h35-66H,5-34H2,1-4H3. The molecule has 13 aliphatic rings. The molecule has 13 fully saturated rings. The number of piperidine rings is 2. The summed E-state index contributed by atoms with van der Waals surface area (Å²) in [6, 6.07) is 6.81. The van der Waals surface area contributed by atoms with Gasteiger partial charge in [-0.05, 0) is 248 Å². The fraction of sp³-hybridized carbons (Fsp3) is 1.00. The van der Waals surface area contributed by atoms with E-state index in [1.54, 1.807) is 12.8 Å². The van der Waals surface area contributed by atoms with Crippen LogP contribution in [0.3, 0.4) is 0 Å². The van der Waals surface area contributed by atoms with Crippen LogP contribution in [0.1, 0.15) is 182 Å². The van der Waals surface area contributed by atoms with Crippen LogP contribution in [0, 0.1) is 107 Å². The summed E-state index contributed by atoms with van der Waals surface area (Å²) in [5.41, 5.74) is 13.8. The number of nitrogens with one attached hydrogen (secondary N) is 6. The molecular formula is C60H104N8. The van der Waals surface area contributed by atoms with Gasteiger partial charge >= 0.3 is 0 Å². The van der Waals surface area contributed by atoms with Crippen molar-refractivity contribution in [1.29, 1.82) is 0 Å². The summed E-state index contributed by atoms with van der Waals surface area (Å²) in [5, 5.41) is 8.00. The summed E-state index contributed by atoms with van der Waals surface area (Å²) in [6.07, 6.45) is 36.5. The van der Waals surface area contributed by atoms with E-state index < -0.39 is 0 Å². The lowest BCUT2D eigenvalue weighted by molar-refractivity contribution is -0.0126. The quantitative estimate of drug-likeness (QED) is 0.157. The zero-order valence-corrected chi connectivity index (χ0v) is 44.1. The summed E-state index contributed by atoms with van der Waals surface area (Å²) >= 11 is 0. The highest BCUT2D eigenvalue weighted by molar-refractivity contribution is 5.16. The Morgan fingerprint density at radius 3 is 1.09 bits per heavy atom. The van der Waals surface area contributed by atoms with Gasteiger partial charge in [0.15, 0.2) is 0 Å². The normalized spacial score (nSPS) is 55.8. The first-order chi connectivity index (χ1) is 33.4. The topological polar surface area (TPSA) is 78.7 Å². The molecule has 8 nitrogen and oxygen atoms in total. The van der Waals surface area contributed by atoms with Gasteiger partial charge in [-0.15, -0.1) is 0 Å². The van der Waals surface area contributed by atoms with Gasteiger partial charge in [0.05, 0.1) is 0 Å². The van der Waals surface area contributed by atoms with E-state index in [4.69, 9.17) is 0 Å². The number of likely N-dealkylation sites (tertiary alicyclic amines) is 2. The molecule has 8 heteroatoms. The number of hydrazine groups is 2. The Labute approximate surface area is 416 Å². The summed E-state index contributed by atoms with van der Waals surface area (Å²) in [4.78, 5) is 6.80. The lowest BCUT2D eigenvalue weighted by atomic mass is 9.58. The SMILES string of the molecule is CC1CC(C2CNC3CNNCC3C2)CC(C)C1C1CCC(N2C3CCCCC3C3C4C5CCCCC5N(C5CCC(C6C(C)CC(C7CNC8CNNCC8C7)CC6C)CC5)C4CCC32)CC1. The Morgan fingerprint density at radius 2 is 0.676 bits per heavy atom. The molecule has 0 aromatic rings. The first kappa shape index (κ1) is 47.4. The van der Waals surface area contributed by atoms with Crippen LogP contribution in [0.25, 0.3) is 0 Å². The Balaban J connectivity index is 0.646. The van der Waals surface area contributed by atoms with E-state index in [2.05, 4.69) is 69.8 Å². The molecule has 6 heterocycles. The third-order valence-corrected chi connectivity index (χ3v) is 25.5. The maximum atomic E-state index is 4.00. The predicted molar refractivity (Wildman–Crippen MR) is 278 cm³/mol. The number of nitrogens with zero attached hydrogens (tertiary/aromatic N) is 2. The van der Waals surface area contributed by atoms with E-state index in [1.165, 1.54) is 154 Å². The van der Waals surface area contributed by atoms with Crippen molar-refractivity contribution in [3.05, 3.63) is 0 Å². The minimum absolute atomic E-state index is 0.685. The van der Waals surface area contributed by atoms with Crippen LogP contribution >= 0.6 is 0 Å². The Bertz CT molecular complexity index is 1530. The Kier molecular flexibility index (Phi) is 14.0. The van der Waals surface area contributed by atoms with Gasteiger partial charge in [0.1, 0.15) is 0 Å². The molecule has 6 N–H and O–H groups in total. The summed E-state index contributed by atoms with van der Waals surface area (Å²) in [7, 11) is 0. The van der Waals surface area contributed by atoms with Gasteiger partial charge in [0.2, 0.25) is 0 Å². The minimum Gasteiger partial charge on any atom is -0.312 e. The molecular weight excluding hydrogens is 833 g/mol. The second-order valence-electron chi connectivity index (χ2n) is 28.5. The van der Waals surface area contributed by atoms with Crippen LogP contribution < -0.4 is 32.3 Å². The van der Waals surface area contributed by atoms with Gasteiger partial charge in [0.25, 0.3) is 0 Å². The molecule has 18 unspecified atom stereocenters. The molecule has 6 saturated heterocycles. The lowest BCUT2D eigenvalue weighted by Crippen LogP contribution is -2.61. The molecule has 0 radical (unpaired) electrons. The van der Waals surface area contributed by atoms with Crippen molar-refractivity contribution < 1.29 is 0 Å². The van der Waals surface area contributed by atoms with Crippen LogP contribution in [0.15, 0.2) is 0 Å². The van der Waals surface area contributed by atoms with E-state index >= 15 is 0 Å². The molecule has 0 spiro atoms. The van der Waals surface area contributed by atoms with Crippen molar-refractivity contribution in [2.75, 3.05) is 39.3 Å². The highest BCUT2D eigenvalue weighted by Crippen LogP contribution is 2.62. The van der Waals surface area contributed by atoms with Crippen LogP contribution in [-0.2, 0) is 0 Å². The lowest BCUT2D eigenvalue weighted by Gasteiger charge is -2.51. The van der Waals surface area contributed by atoms with Crippen molar-refractivity contribution in [2.24, 2.45) is 107 Å². The average molecular weight is 938 g/mol. The fourth-order valence-electron chi connectivity index (χ4n) is 23.2. The van der Waals surface area contributed by atoms with Crippen LogP contribution in [-0.4, -0.2) is 97.4 Å². The van der Waals surface area contributed by atoms with Gasteiger partial charge in [-0.25, -0.2) is 0 Å². The highest BCUT2D eigenvalue weighted by atomic mass is 15.4. The first-order valence-corrected chi connectivity index (χ1v) is 31.3. The number of hydrogen-bond donors (Lipinski definition) is 6. The van der Waals surface area contributed by atoms with Gasteiger partial charge in [-0.2, -0.15) is 0 Å². The van der Waals surface area contributed by atoms with E-state index in [0.29, 0.717) is 12.1 Å². The van der Waals surface area contributed by atoms with E-state index in [0.717, 1.165) is 169 Å². The minimum atomic E-state index is 0.685. The van der Waals surface area contributed by atoms with Crippen LogP contribution in [0.2, 0.25) is 0 Å². The number of rotatable bonds is 6. The van der Waals surface area contributed by atoms with Crippen molar-refractivity contribution in [1.82, 2.24) is 42.1 Å². The molecule has 0 aromatic carbocycles. The third kappa shape index (κ3) is 8.61. The van der Waals surface area contributed by atoms with Crippen molar-refractivity contribution >= 4 is 0 Å². The molecule has 7 aliphatic carbocycles. The molecule has 384 valence electrons. The fourth-order valence-corrected chi connectivity index (χ4v) is 23.2. The molecule has 0 aromatic heterocycles. The molecule has 18 atom stereocenters. The van der Waals surface area contributed by atoms with Crippen LogP contribution in [0.4, 0.5) is 0 Å². The average Bonchev–Trinajstić information content (AvgIpc) is 3.89. The Morgan fingerprint density at radius 1 is 0.294 bits per heavy atom. The van der Waals surface area contributed by atoms with Crippen molar-refractivity contribution in [3.8, 4) is 0 Å². The molecule has 6 aliphatic heterocycles. The third-order valence-electron chi connectivity index (χ3n) is 25.5. The molecule has 7 saturated carbocycles. The molecule has 0 amide bonds. The monoisotopic (exact) mass is 937 g/mol. The zero-order valence-electron chi connectivity index (χ0n) is 44.1. The van der Waals surface area contributed by atoms with Gasteiger partial charge in [-0.3, -0.25) is 31.5 Å². The van der Waals surface area contributed by atoms with E-state index in [1.807, 2.05) is 0 Å².